The summed E-state index contributed by atoms with van der Waals surface area (Å²) in [5.74, 6) is 0.157. The van der Waals surface area contributed by atoms with E-state index in [4.69, 9.17) is 9.47 Å². The van der Waals surface area contributed by atoms with Gasteiger partial charge in [0.1, 0.15) is 12.2 Å². The van der Waals surface area contributed by atoms with Crippen LogP contribution < -0.4 is 0 Å². The number of fused-ring (bicyclic) bond motifs is 1. The van der Waals surface area contributed by atoms with Crippen LogP contribution in [-0.4, -0.2) is 69.8 Å². The first-order valence-electron chi connectivity index (χ1n) is 9.41. The second-order valence-electron chi connectivity index (χ2n) is 7.39. The number of hydrogen-bond acceptors (Lipinski definition) is 5. The third-order valence-corrected chi connectivity index (χ3v) is 5.65. The molecular formula is C18H27N3O4. The van der Waals surface area contributed by atoms with Gasteiger partial charge in [0.25, 0.3) is 0 Å². The minimum atomic E-state index is -0.302. The van der Waals surface area contributed by atoms with E-state index >= 15 is 0 Å². The van der Waals surface area contributed by atoms with E-state index in [9.17, 15) is 9.90 Å². The zero-order chi connectivity index (χ0) is 17.2. The number of rotatable bonds is 6. The van der Waals surface area contributed by atoms with Gasteiger partial charge in [-0.15, -0.1) is 0 Å². The summed E-state index contributed by atoms with van der Waals surface area (Å²) in [7, 11) is 0. The Morgan fingerprint density at radius 3 is 3.04 bits per heavy atom. The third-order valence-electron chi connectivity index (χ3n) is 5.65. The van der Waals surface area contributed by atoms with E-state index in [-0.39, 0.29) is 36.2 Å². The molecule has 7 nitrogen and oxygen atoms in total. The van der Waals surface area contributed by atoms with Crippen molar-refractivity contribution < 1.29 is 19.4 Å². The number of amides is 1. The molecule has 3 aliphatic rings. The quantitative estimate of drug-likeness (QED) is 0.770. The number of ether oxygens (including phenoxy) is 2. The van der Waals surface area contributed by atoms with Crippen LogP contribution in [0.4, 0.5) is 0 Å². The summed E-state index contributed by atoms with van der Waals surface area (Å²) in [5.41, 5.74) is 0. The minimum Gasteiger partial charge on any atom is -0.393 e. The van der Waals surface area contributed by atoms with Crippen LogP contribution in [0.1, 0.15) is 32.1 Å². The van der Waals surface area contributed by atoms with Gasteiger partial charge in [0.2, 0.25) is 5.91 Å². The molecular weight excluding hydrogens is 322 g/mol. The molecule has 1 aliphatic carbocycles. The number of hydrogen-bond donors (Lipinski definition) is 1. The highest BCUT2D eigenvalue weighted by molar-refractivity contribution is 5.80. The number of carbonyl (C=O) groups is 1. The summed E-state index contributed by atoms with van der Waals surface area (Å²) in [6, 6.07) is 2.05. The summed E-state index contributed by atoms with van der Waals surface area (Å²) >= 11 is 0. The molecule has 7 heteroatoms. The van der Waals surface area contributed by atoms with Crippen LogP contribution in [0.2, 0.25) is 0 Å². The highest BCUT2D eigenvalue weighted by Gasteiger charge is 2.49. The lowest BCUT2D eigenvalue weighted by Gasteiger charge is -2.37. The molecule has 0 radical (unpaired) electrons. The Labute approximate surface area is 147 Å². The molecule has 0 unspecified atom stereocenters. The smallest absolute Gasteiger partial charge is 0.226 e. The van der Waals surface area contributed by atoms with Crippen LogP contribution in [0.15, 0.2) is 18.5 Å². The van der Waals surface area contributed by atoms with Gasteiger partial charge in [0.15, 0.2) is 0 Å². The molecule has 3 heterocycles. The lowest BCUT2D eigenvalue weighted by Crippen LogP contribution is -2.48. The van der Waals surface area contributed by atoms with Crippen LogP contribution >= 0.6 is 0 Å². The Morgan fingerprint density at radius 1 is 1.40 bits per heavy atom. The Hall–Kier alpha value is -1.44. The lowest BCUT2D eigenvalue weighted by molar-refractivity contribution is -0.145. The van der Waals surface area contributed by atoms with E-state index in [1.807, 2.05) is 21.8 Å². The van der Waals surface area contributed by atoms with Crippen LogP contribution in [0, 0.1) is 5.92 Å². The van der Waals surface area contributed by atoms with Crippen LogP contribution in [-0.2, 0) is 20.8 Å². The van der Waals surface area contributed by atoms with Crippen molar-refractivity contribution in [3.05, 3.63) is 18.5 Å². The maximum atomic E-state index is 12.8. The summed E-state index contributed by atoms with van der Waals surface area (Å²) in [6.45, 7) is 2.83. The largest absolute Gasteiger partial charge is 0.393 e. The molecule has 1 saturated carbocycles. The highest BCUT2D eigenvalue weighted by Crippen LogP contribution is 2.36. The van der Waals surface area contributed by atoms with Crippen LogP contribution in [0.5, 0.6) is 0 Å². The van der Waals surface area contributed by atoms with Gasteiger partial charge in [-0.2, -0.15) is 5.10 Å². The van der Waals surface area contributed by atoms with Crippen molar-refractivity contribution in [1.82, 2.24) is 14.7 Å². The molecule has 0 bridgehead atoms. The van der Waals surface area contributed by atoms with Crippen molar-refractivity contribution in [3.8, 4) is 0 Å². The van der Waals surface area contributed by atoms with Crippen LogP contribution in [0.3, 0.4) is 0 Å². The molecule has 3 fully saturated rings. The lowest BCUT2D eigenvalue weighted by atomic mass is 9.81. The van der Waals surface area contributed by atoms with Crippen molar-refractivity contribution in [1.29, 1.82) is 0 Å². The van der Waals surface area contributed by atoms with E-state index in [0.29, 0.717) is 26.0 Å². The Kier molecular flexibility index (Phi) is 5.05. The third kappa shape index (κ3) is 3.59. The van der Waals surface area contributed by atoms with Gasteiger partial charge in [0, 0.05) is 44.6 Å². The van der Waals surface area contributed by atoms with Gasteiger partial charge in [-0.05, 0) is 38.2 Å². The average molecular weight is 349 g/mol. The Bertz CT molecular complexity index is 573. The molecule has 0 aromatic carbocycles. The van der Waals surface area contributed by atoms with Gasteiger partial charge in [-0.3, -0.25) is 9.48 Å². The predicted molar refractivity (Wildman–Crippen MR) is 89.8 cm³/mol. The summed E-state index contributed by atoms with van der Waals surface area (Å²) in [6.07, 6.45) is 7.43. The molecule has 1 aromatic rings. The molecule has 25 heavy (non-hydrogen) atoms. The van der Waals surface area contributed by atoms with Gasteiger partial charge in [-0.1, -0.05) is 0 Å². The number of likely N-dealkylation sites (tertiary alicyclic amines) is 1. The first-order chi connectivity index (χ1) is 12.2. The van der Waals surface area contributed by atoms with Gasteiger partial charge in [0.05, 0.1) is 12.1 Å². The normalized spacial score (nSPS) is 34.6. The molecule has 0 spiro atoms. The second-order valence-corrected chi connectivity index (χ2v) is 7.39. The molecule has 2 saturated heterocycles. The van der Waals surface area contributed by atoms with E-state index in [1.54, 1.807) is 6.20 Å². The maximum absolute atomic E-state index is 12.8. The second kappa shape index (κ2) is 7.43. The van der Waals surface area contributed by atoms with Crippen molar-refractivity contribution in [2.75, 3.05) is 19.8 Å². The van der Waals surface area contributed by atoms with Crippen molar-refractivity contribution in [2.45, 2.75) is 63.0 Å². The topological polar surface area (TPSA) is 76.8 Å². The van der Waals surface area contributed by atoms with Crippen LogP contribution in [0.25, 0.3) is 0 Å². The number of aryl methyl sites for hydroxylation is 1. The zero-order valence-corrected chi connectivity index (χ0v) is 14.5. The zero-order valence-electron chi connectivity index (χ0n) is 14.5. The van der Waals surface area contributed by atoms with E-state index < -0.39 is 0 Å². The van der Waals surface area contributed by atoms with Crippen molar-refractivity contribution in [2.24, 2.45) is 5.92 Å². The average Bonchev–Trinajstić information content (AvgIpc) is 3.23. The summed E-state index contributed by atoms with van der Waals surface area (Å²) < 4.78 is 14.0. The predicted octanol–water partition coefficient (Wildman–Crippen LogP) is 0.819. The van der Waals surface area contributed by atoms with E-state index in [2.05, 4.69) is 5.10 Å². The first kappa shape index (κ1) is 17.0. The molecule has 1 N–H and O–H groups in total. The molecule has 1 amide bonds. The number of carbonyl (C=O) groups excluding carboxylic acids is 1. The number of aromatic nitrogens is 2. The fourth-order valence-corrected chi connectivity index (χ4v) is 4.23. The van der Waals surface area contributed by atoms with E-state index in [0.717, 1.165) is 32.4 Å². The molecule has 4 rings (SSSR count). The number of nitrogens with zero attached hydrogens (tertiary/aromatic N) is 3. The van der Waals surface area contributed by atoms with Gasteiger partial charge < -0.3 is 19.5 Å². The first-order valence-corrected chi connectivity index (χ1v) is 9.41. The van der Waals surface area contributed by atoms with Crippen molar-refractivity contribution >= 4 is 5.91 Å². The minimum absolute atomic E-state index is 0.00703. The number of aliphatic hydroxyl groups excluding tert-OH is 1. The molecule has 2 aliphatic heterocycles. The standard InChI is InChI=1S/C18H27N3O4/c22-14-10-13(11-14)18(23)21-12-16(17-15(21)4-1-8-25-17)24-9-3-7-20-6-2-5-19-20/h2,5-6,13-17,22H,1,3-4,7-12H2/t13?,14?,15-,16+,17+/m1/s1. The fraction of sp³-hybridized carbons (Fsp3) is 0.778. The fourth-order valence-electron chi connectivity index (χ4n) is 4.23. The SMILES string of the molecule is O=C(C1CC(O)C1)N1C[C@H](OCCCn2cccn2)[C@H]2OCCC[C@H]21. The monoisotopic (exact) mass is 349 g/mol. The molecule has 3 atom stereocenters. The Balaban J connectivity index is 1.31. The molecule has 138 valence electrons. The summed E-state index contributed by atoms with van der Waals surface area (Å²) in [5, 5.41) is 13.7. The number of aliphatic hydroxyl groups is 1. The summed E-state index contributed by atoms with van der Waals surface area (Å²) in [4.78, 5) is 14.7. The molecule has 1 aromatic heterocycles. The van der Waals surface area contributed by atoms with Gasteiger partial charge >= 0.3 is 0 Å². The Morgan fingerprint density at radius 2 is 2.28 bits per heavy atom. The van der Waals surface area contributed by atoms with E-state index in [1.165, 1.54) is 0 Å². The van der Waals surface area contributed by atoms with Gasteiger partial charge in [-0.25, -0.2) is 0 Å². The van der Waals surface area contributed by atoms with Crippen molar-refractivity contribution in [3.63, 3.8) is 0 Å². The highest BCUT2D eigenvalue weighted by atomic mass is 16.5. The maximum Gasteiger partial charge on any atom is 0.226 e.